The zero-order valence-electron chi connectivity index (χ0n) is 19.3. The summed E-state index contributed by atoms with van der Waals surface area (Å²) in [6, 6.07) is 12.3. The van der Waals surface area contributed by atoms with Gasteiger partial charge < -0.3 is 23.7 Å². The van der Waals surface area contributed by atoms with Crippen molar-refractivity contribution in [2.24, 2.45) is 0 Å². The molecule has 0 aliphatic carbocycles. The molecule has 0 saturated carbocycles. The second kappa shape index (κ2) is 9.70. The number of piperidine rings is 1. The first kappa shape index (κ1) is 22.9. The van der Waals surface area contributed by atoms with Crippen LogP contribution >= 0.6 is 0 Å². The van der Waals surface area contributed by atoms with Gasteiger partial charge in [0, 0.05) is 25.3 Å². The summed E-state index contributed by atoms with van der Waals surface area (Å²) in [6.07, 6.45) is 1.48. The zero-order valence-corrected chi connectivity index (χ0v) is 19.3. The summed E-state index contributed by atoms with van der Waals surface area (Å²) in [4.78, 5) is 27.7. The normalized spacial score (nSPS) is 24.1. The molecule has 8 nitrogen and oxygen atoms in total. The van der Waals surface area contributed by atoms with Crippen LogP contribution in [0.15, 0.2) is 42.5 Å². The van der Waals surface area contributed by atoms with Gasteiger partial charge in [-0.05, 0) is 31.3 Å². The van der Waals surface area contributed by atoms with Crippen molar-refractivity contribution in [1.29, 1.82) is 0 Å². The Balaban J connectivity index is 1.44. The predicted molar refractivity (Wildman–Crippen MR) is 120 cm³/mol. The number of fused-ring (bicyclic) bond motifs is 2. The molecule has 33 heavy (non-hydrogen) atoms. The Kier molecular flexibility index (Phi) is 6.74. The molecule has 0 N–H and O–H groups in total. The molecule has 0 spiro atoms. The van der Waals surface area contributed by atoms with Crippen molar-refractivity contribution in [3.05, 3.63) is 53.6 Å². The van der Waals surface area contributed by atoms with E-state index in [0.717, 1.165) is 6.42 Å². The second-order valence-electron chi connectivity index (χ2n) is 8.34. The van der Waals surface area contributed by atoms with Gasteiger partial charge in [0.05, 0.1) is 38.5 Å². The van der Waals surface area contributed by atoms with Crippen LogP contribution in [-0.4, -0.2) is 69.5 Å². The van der Waals surface area contributed by atoms with Gasteiger partial charge in [0.25, 0.3) is 0 Å². The summed E-state index contributed by atoms with van der Waals surface area (Å²) < 4.78 is 27.7. The molecule has 2 aliphatic heterocycles. The van der Waals surface area contributed by atoms with Gasteiger partial charge >= 0.3 is 11.9 Å². The molecular weight excluding hydrogens is 426 g/mol. The number of esters is 2. The standard InChI is InChI=1S/C25H29NO7/c1-26-17-12-18(14-19(26)20(13-17)33-24(27)15-8-6-5-7-9-15)32-25(28)16-10-21(29-2)23(31-4)22(11-16)30-3/h5-11,17-20H,12-14H2,1-4H3/t17-,18?,19+,20-/m0/s1. The van der Waals surface area contributed by atoms with Crippen molar-refractivity contribution >= 4 is 11.9 Å². The Morgan fingerprint density at radius 2 is 1.45 bits per heavy atom. The highest BCUT2D eigenvalue weighted by atomic mass is 16.6. The lowest BCUT2D eigenvalue weighted by Gasteiger charge is -2.36. The van der Waals surface area contributed by atoms with E-state index in [2.05, 4.69) is 4.90 Å². The lowest BCUT2D eigenvalue weighted by molar-refractivity contribution is -0.0152. The number of rotatable bonds is 7. The minimum atomic E-state index is -0.457. The molecule has 2 bridgehead atoms. The Bertz CT molecular complexity index is 984. The van der Waals surface area contributed by atoms with Crippen LogP contribution in [0, 0.1) is 0 Å². The molecule has 2 fully saturated rings. The van der Waals surface area contributed by atoms with E-state index in [4.69, 9.17) is 23.7 Å². The Labute approximate surface area is 193 Å². The highest BCUT2D eigenvalue weighted by molar-refractivity contribution is 5.91. The van der Waals surface area contributed by atoms with Gasteiger partial charge in [-0.2, -0.15) is 0 Å². The number of carbonyl (C=O) groups is 2. The van der Waals surface area contributed by atoms with Crippen LogP contribution in [0.4, 0.5) is 0 Å². The monoisotopic (exact) mass is 455 g/mol. The molecular formula is C25H29NO7. The van der Waals surface area contributed by atoms with E-state index >= 15 is 0 Å². The average Bonchev–Trinajstić information content (AvgIpc) is 3.00. The van der Waals surface area contributed by atoms with Crippen molar-refractivity contribution < 1.29 is 33.3 Å². The first-order valence-electron chi connectivity index (χ1n) is 10.9. The lowest BCUT2D eigenvalue weighted by Crippen LogP contribution is -2.46. The van der Waals surface area contributed by atoms with Crippen LogP contribution in [0.25, 0.3) is 0 Å². The van der Waals surface area contributed by atoms with Gasteiger partial charge in [-0.3, -0.25) is 4.90 Å². The molecule has 0 amide bonds. The van der Waals surface area contributed by atoms with E-state index in [1.54, 1.807) is 24.3 Å². The molecule has 2 aromatic carbocycles. The smallest absolute Gasteiger partial charge is 0.338 e. The SMILES string of the molecule is COc1cc(C(=O)OC2C[C@H]3C[C@H](OC(=O)c4ccccc4)[C@@H](C2)N3C)cc(OC)c1OC. The number of nitrogens with zero attached hydrogens (tertiary/aromatic N) is 1. The summed E-state index contributed by atoms with van der Waals surface area (Å²) in [5, 5.41) is 0. The van der Waals surface area contributed by atoms with Crippen LogP contribution < -0.4 is 14.2 Å². The summed E-state index contributed by atoms with van der Waals surface area (Å²) >= 11 is 0. The van der Waals surface area contributed by atoms with Gasteiger partial charge in [-0.25, -0.2) is 9.59 Å². The molecule has 4 atom stereocenters. The Morgan fingerprint density at radius 3 is 2.06 bits per heavy atom. The number of hydrogen-bond acceptors (Lipinski definition) is 8. The largest absolute Gasteiger partial charge is 0.493 e. The fourth-order valence-corrected chi connectivity index (χ4v) is 4.80. The van der Waals surface area contributed by atoms with Crippen molar-refractivity contribution in [1.82, 2.24) is 4.90 Å². The van der Waals surface area contributed by atoms with Crippen LogP contribution in [0.2, 0.25) is 0 Å². The Hall–Kier alpha value is -3.26. The third-order valence-electron chi connectivity index (χ3n) is 6.51. The zero-order chi connectivity index (χ0) is 23.5. The van der Waals surface area contributed by atoms with Crippen molar-refractivity contribution in [3.8, 4) is 17.2 Å². The van der Waals surface area contributed by atoms with Crippen molar-refractivity contribution in [2.75, 3.05) is 28.4 Å². The number of ether oxygens (including phenoxy) is 5. The number of methoxy groups -OCH3 is 3. The molecule has 0 radical (unpaired) electrons. The molecule has 8 heteroatoms. The van der Waals surface area contributed by atoms with E-state index in [0.29, 0.717) is 41.2 Å². The van der Waals surface area contributed by atoms with Gasteiger partial charge in [0.2, 0.25) is 5.75 Å². The quantitative estimate of drug-likeness (QED) is 0.588. The third kappa shape index (κ3) is 4.61. The topological polar surface area (TPSA) is 83.5 Å². The molecule has 2 heterocycles. The molecule has 4 rings (SSSR count). The Morgan fingerprint density at radius 1 is 0.818 bits per heavy atom. The predicted octanol–water partition coefficient (Wildman–Crippen LogP) is 3.33. The van der Waals surface area contributed by atoms with E-state index in [1.807, 2.05) is 25.2 Å². The number of hydrogen-bond donors (Lipinski definition) is 0. The molecule has 2 saturated heterocycles. The summed E-state index contributed by atoms with van der Waals surface area (Å²) in [6.45, 7) is 0. The molecule has 1 unspecified atom stereocenters. The van der Waals surface area contributed by atoms with Crippen LogP contribution in [-0.2, 0) is 9.47 Å². The minimum Gasteiger partial charge on any atom is -0.493 e. The fourth-order valence-electron chi connectivity index (χ4n) is 4.80. The van der Waals surface area contributed by atoms with Gasteiger partial charge in [0.1, 0.15) is 12.2 Å². The third-order valence-corrected chi connectivity index (χ3v) is 6.51. The van der Waals surface area contributed by atoms with Crippen molar-refractivity contribution in [2.45, 2.75) is 43.6 Å². The fraction of sp³-hybridized carbons (Fsp3) is 0.440. The van der Waals surface area contributed by atoms with Crippen LogP contribution in [0.1, 0.15) is 40.0 Å². The number of benzene rings is 2. The van der Waals surface area contributed by atoms with Crippen LogP contribution in [0.3, 0.4) is 0 Å². The maximum Gasteiger partial charge on any atom is 0.338 e. The number of carbonyl (C=O) groups excluding carboxylic acids is 2. The first-order chi connectivity index (χ1) is 15.9. The highest BCUT2D eigenvalue weighted by Crippen LogP contribution is 2.40. The average molecular weight is 456 g/mol. The molecule has 0 aromatic heterocycles. The van der Waals surface area contributed by atoms with E-state index < -0.39 is 5.97 Å². The molecule has 2 aliphatic rings. The first-order valence-corrected chi connectivity index (χ1v) is 10.9. The van der Waals surface area contributed by atoms with E-state index in [1.165, 1.54) is 21.3 Å². The molecule has 2 aromatic rings. The maximum absolute atomic E-state index is 12.9. The van der Waals surface area contributed by atoms with E-state index in [-0.39, 0.29) is 30.3 Å². The summed E-state index contributed by atoms with van der Waals surface area (Å²) in [5.41, 5.74) is 0.856. The van der Waals surface area contributed by atoms with Gasteiger partial charge in [-0.15, -0.1) is 0 Å². The van der Waals surface area contributed by atoms with Crippen molar-refractivity contribution in [3.63, 3.8) is 0 Å². The summed E-state index contributed by atoms with van der Waals surface area (Å²) in [7, 11) is 6.53. The highest BCUT2D eigenvalue weighted by Gasteiger charge is 2.48. The van der Waals surface area contributed by atoms with E-state index in [9.17, 15) is 9.59 Å². The van der Waals surface area contributed by atoms with Gasteiger partial charge in [-0.1, -0.05) is 18.2 Å². The molecule has 176 valence electrons. The van der Waals surface area contributed by atoms with Crippen LogP contribution in [0.5, 0.6) is 17.2 Å². The summed E-state index contributed by atoms with van der Waals surface area (Å²) in [5.74, 6) is 0.408. The lowest BCUT2D eigenvalue weighted by atomic mass is 10.00. The minimum absolute atomic E-state index is 0.00541. The number of likely N-dealkylation sites (N-methyl/N-ethyl adjacent to an activating group) is 1. The maximum atomic E-state index is 12.9. The second-order valence-corrected chi connectivity index (χ2v) is 8.34. The van der Waals surface area contributed by atoms with Gasteiger partial charge in [0.15, 0.2) is 11.5 Å².